The highest BCUT2D eigenvalue weighted by Gasteiger charge is 2.29. The summed E-state index contributed by atoms with van der Waals surface area (Å²) >= 11 is 0. The molecule has 1 amide bonds. The summed E-state index contributed by atoms with van der Waals surface area (Å²) in [5.74, 6) is -0.510. The molecule has 0 aliphatic heterocycles. The Labute approximate surface area is 121 Å². The third-order valence-electron chi connectivity index (χ3n) is 3.71. The predicted octanol–water partition coefficient (Wildman–Crippen LogP) is 3.13. The molecule has 1 fully saturated rings. The summed E-state index contributed by atoms with van der Waals surface area (Å²) in [6.45, 7) is 8.79. The van der Waals surface area contributed by atoms with Gasteiger partial charge in [-0.1, -0.05) is 0 Å². The molecule has 0 aromatic rings. The lowest BCUT2D eigenvalue weighted by molar-refractivity contribution is -0.143. The number of rotatable bonds is 4. The standard InChI is InChI=1S/C15H27NO4/c1-5-16(14(19)20-15(2,3)4)10-11-6-8-12(9-7-11)13(17)18/h11-12H,5-10H2,1-4H3,(H,17,18). The molecular weight excluding hydrogens is 258 g/mol. The first kappa shape index (κ1) is 16.8. The van der Waals surface area contributed by atoms with Gasteiger partial charge < -0.3 is 14.7 Å². The highest BCUT2D eigenvalue weighted by Crippen LogP contribution is 2.29. The van der Waals surface area contributed by atoms with Crippen LogP contribution in [-0.2, 0) is 9.53 Å². The number of carbonyl (C=O) groups excluding carboxylic acids is 1. The van der Waals surface area contributed by atoms with Crippen LogP contribution >= 0.6 is 0 Å². The zero-order chi connectivity index (χ0) is 15.3. The van der Waals surface area contributed by atoms with E-state index < -0.39 is 11.6 Å². The van der Waals surface area contributed by atoms with Gasteiger partial charge in [0.1, 0.15) is 5.60 Å². The molecule has 0 bridgehead atoms. The van der Waals surface area contributed by atoms with Crippen molar-refractivity contribution in [2.24, 2.45) is 11.8 Å². The first-order valence-corrected chi connectivity index (χ1v) is 7.43. The molecule has 5 heteroatoms. The van der Waals surface area contributed by atoms with Gasteiger partial charge in [-0.05, 0) is 59.3 Å². The molecule has 1 aliphatic rings. The van der Waals surface area contributed by atoms with Crippen LogP contribution in [0.2, 0.25) is 0 Å². The second kappa shape index (κ2) is 6.95. The molecule has 1 saturated carbocycles. The Kier molecular flexibility index (Phi) is 5.84. The summed E-state index contributed by atoms with van der Waals surface area (Å²) in [5.41, 5.74) is -0.481. The molecule has 0 spiro atoms. The Hall–Kier alpha value is -1.26. The molecule has 116 valence electrons. The lowest BCUT2D eigenvalue weighted by Gasteiger charge is -2.32. The van der Waals surface area contributed by atoms with Crippen molar-refractivity contribution in [3.8, 4) is 0 Å². The van der Waals surface area contributed by atoms with Crippen LogP contribution in [-0.4, -0.2) is 40.8 Å². The zero-order valence-corrected chi connectivity index (χ0v) is 13.0. The fraction of sp³-hybridized carbons (Fsp3) is 0.867. The first-order chi connectivity index (χ1) is 9.23. The van der Waals surface area contributed by atoms with Gasteiger partial charge in [-0.25, -0.2) is 4.79 Å². The van der Waals surface area contributed by atoms with E-state index >= 15 is 0 Å². The van der Waals surface area contributed by atoms with E-state index in [0.717, 1.165) is 12.8 Å². The number of carboxylic acids is 1. The molecule has 0 atom stereocenters. The van der Waals surface area contributed by atoms with Crippen LogP contribution in [0.3, 0.4) is 0 Å². The van der Waals surface area contributed by atoms with E-state index in [-0.39, 0.29) is 12.0 Å². The summed E-state index contributed by atoms with van der Waals surface area (Å²) in [7, 11) is 0. The molecule has 1 rings (SSSR count). The van der Waals surface area contributed by atoms with Crippen LogP contribution in [0, 0.1) is 11.8 Å². The van der Waals surface area contributed by atoms with Crippen molar-refractivity contribution in [3.05, 3.63) is 0 Å². The Morgan fingerprint density at radius 1 is 1.20 bits per heavy atom. The van der Waals surface area contributed by atoms with Crippen LogP contribution in [0.5, 0.6) is 0 Å². The zero-order valence-electron chi connectivity index (χ0n) is 13.0. The Balaban J connectivity index is 2.46. The largest absolute Gasteiger partial charge is 0.481 e. The number of ether oxygens (including phenoxy) is 1. The van der Waals surface area contributed by atoms with Gasteiger partial charge in [0.25, 0.3) is 0 Å². The van der Waals surface area contributed by atoms with Gasteiger partial charge in [0, 0.05) is 13.1 Å². The second-order valence-corrected chi connectivity index (χ2v) is 6.57. The van der Waals surface area contributed by atoms with Crippen molar-refractivity contribution in [2.45, 2.75) is 59.0 Å². The lowest BCUT2D eigenvalue weighted by atomic mass is 9.82. The van der Waals surface area contributed by atoms with Crippen molar-refractivity contribution >= 4 is 12.1 Å². The van der Waals surface area contributed by atoms with Crippen LogP contribution in [0.4, 0.5) is 4.79 Å². The van der Waals surface area contributed by atoms with E-state index in [4.69, 9.17) is 9.84 Å². The van der Waals surface area contributed by atoms with Crippen LogP contribution in [0.15, 0.2) is 0 Å². The van der Waals surface area contributed by atoms with Crippen molar-refractivity contribution in [3.63, 3.8) is 0 Å². The van der Waals surface area contributed by atoms with E-state index in [2.05, 4.69) is 0 Å². The van der Waals surface area contributed by atoms with Gasteiger partial charge >= 0.3 is 12.1 Å². The quantitative estimate of drug-likeness (QED) is 0.861. The maximum Gasteiger partial charge on any atom is 0.410 e. The van der Waals surface area contributed by atoms with Gasteiger partial charge in [-0.2, -0.15) is 0 Å². The maximum atomic E-state index is 12.0. The fourth-order valence-electron chi connectivity index (χ4n) is 2.56. The average molecular weight is 285 g/mol. The van der Waals surface area contributed by atoms with E-state index in [9.17, 15) is 9.59 Å². The molecule has 0 saturated heterocycles. The van der Waals surface area contributed by atoms with E-state index in [0.29, 0.717) is 31.8 Å². The molecule has 20 heavy (non-hydrogen) atoms. The number of nitrogens with zero attached hydrogens (tertiary/aromatic N) is 1. The summed E-state index contributed by atoms with van der Waals surface area (Å²) in [5, 5.41) is 8.98. The summed E-state index contributed by atoms with van der Waals surface area (Å²) in [6.07, 6.45) is 2.89. The van der Waals surface area contributed by atoms with Gasteiger partial charge in [-0.15, -0.1) is 0 Å². The van der Waals surface area contributed by atoms with E-state index in [1.165, 1.54) is 0 Å². The molecule has 0 heterocycles. The Morgan fingerprint density at radius 3 is 2.15 bits per heavy atom. The van der Waals surface area contributed by atoms with Crippen LogP contribution in [0.1, 0.15) is 53.4 Å². The third kappa shape index (κ3) is 5.39. The summed E-state index contributed by atoms with van der Waals surface area (Å²) in [6, 6.07) is 0. The highest BCUT2D eigenvalue weighted by molar-refractivity contribution is 5.70. The van der Waals surface area contributed by atoms with Gasteiger partial charge in [0.05, 0.1) is 5.92 Å². The molecular formula is C15H27NO4. The van der Waals surface area contributed by atoms with E-state index in [1.807, 2.05) is 27.7 Å². The number of aliphatic carboxylic acids is 1. The van der Waals surface area contributed by atoms with E-state index in [1.54, 1.807) is 4.90 Å². The molecule has 0 aromatic carbocycles. The predicted molar refractivity (Wildman–Crippen MR) is 76.6 cm³/mol. The van der Waals surface area contributed by atoms with Crippen molar-refractivity contribution in [1.29, 1.82) is 0 Å². The van der Waals surface area contributed by atoms with Crippen molar-refractivity contribution in [2.75, 3.05) is 13.1 Å². The SMILES string of the molecule is CCN(CC1CCC(C(=O)O)CC1)C(=O)OC(C)(C)C. The summed E-state index contributed by atoms with van der Waals surface area (Å²) < 4.78 is 5.38. The Bertz CT molecular complexity index is 340. The minimum atomic E-state index is -0.692. The van der Waals surface area contributed by atoms with Crippen LogP contribution in [0.25, 0.3) is 0 Å². The molecule has 1 aliphatic carbocycles. The minimum absolute atomic E-state index is 0.206. The monoisotopic (exact) mass is 285 g/mol. The second-order valence-electron chi connectivity index (χ2n) is 6.57. The van der Waals surface area contributed by atoms with Gasteiger partial charge in [0.2, 0.25) is 0 Å². The van der Waals surface area contributed by atoms with Crippen molar-refractivity contribution in [1.82, 2.24) is 4.90 Å². The lowest BCUT2D eigenvalue weighted by Crippen LogP contribution is -2.40. The van der Waals surface area contributed by atoms with Gasteiger partial charge in [-0.3, -0.25) is 4.79 Å². The highest BCUT2D eigenvalue weighted by atomic mass is 16.6. The summed E-state index contributed by atoms with van der Waals surface area (Å²) in [4.78, 5) is 24.7. The minimum Gasteiger partial charge on any atom is -0.481 e. The molecule has 1 N–H and O–H groups in total. The smallest absolute Gasteiger partial charge is 0.410 e. The number of hydrogen-bond donors (Lipinski definition) is 1. The molecule has 0 aromatic heterocycles. The Morgan fingerprint density at radius 2 is 1.75 bits per heavy atom. The average Bonchev–Trinajstić information content (AvgIpc) is 2.34. The van der Waals surface area contributed by atoms with Gasteiger partial charge in [0.15, 0.2) is 0 Å². The normalized spacial score (nSPS) is 23.2. The molecule has 0 radical (unpaired) electrons. The first-order valence-electron chi connectivity index (χ1n) is 7.43. The van der Waals surface area contributed by atoms with Crippen LogP contribution < -0.4 is 0 Å². The number of amides is 1. The molecule has 0 unspecified atom stereocenters. The van der Waals surface area contributed by atoms with Crippen molar-refractivity contribution < 1.29 is 19.4 Å². The topological polar surface area (TPSA) is 66.8 Å². The third-order valence-corrected chi connectivity index (χ3v) is 3.71. The number of hydrogen-bond acceptors (Lipinski definition) is 3. The maximum absolute atomic E-state index is 12.0. The number of carbonyl (C=O) groups is 2. The fourth-order valence-corrected chi connectivity index (χ4v) is 2.56. The number of carboxylic acid groups (broad SMARTS) is 1. The molecule has 5 nitrogen and oxygen atoms in total.